The molecule has 1 aliphatic heterocycles. The number of methoxy groups -OCH3 is 1. The van der Waals surface area contributed by atoms with E-state index in [4.69, 9.17) is 5.26 Å². The van der Waals surface area contributed by atoms with Crippen LogP contribution in [0.1, 0.15) is 13.3 Å². The van der Waals surface area contributed by atoms with Crippen LogP contribution in [0.5, 0.6) is 0 Å². The number of nitrogens with zero attached hydrogens (tertiary/aromatic N) is 2. The van der Waals surface area contributed by atoms with Crippen LogP contribution >= 0.6 is 0 Å². The SMILES string of the molecule is CCNC1=C(C(=O)OC)CC(C#N)N(C)C1=O. The van der Waals surface area contributed by atoms with Gasteiger partial charge in [0, 0.05) is 20.0 Å². The average Bonchev–Trinajstić information content (AvgIpc) is 2.34. The molecular formula is C11H15N3O3. The summed E-state index contributed by atoms with van der Waals surface area (Å²) in [5, 5.41) is 11.8. The van der Waals surface area contributed by atoms with Gasteiger partial charge in [-0.1, -0.05) is 0 Å². The number of esters is 1. The van der Waals surface area contributed by atoms with Gasteiger partial charge in [-0.25, -0.2) is 4.79 Å². The van der Waals surface area contributed by atoms with E-state index in [1.54, 1.807) is 7.05 Å². The Kier molecular flexibility index (Phi) is 4.10. The van der Waals surface area contributed by atoms with Gasteiger partial charge in [0.25, 0.3) is 5.91 Å². The Morgan fingerprint density at radius 2 is 2.35 bits per heavy atom. The summed E-state index contributed by atoms with van der Waals surface area (Å²) in [6, 6.07) is 1.37. The molecule has 92 valence electrons. The quantitative estimate of drug-likeness (QED) is 0.686. The number of hydrogen-bond acceptors (Lipinski definition) is 5. The minimum atomic E-state index is -0.626. The summed E-state index contributed by atoms with van der Waals surface area (Å²) >= 11 is 0. The van der Waals surface area contributed by atoms with Gasteiger partial charge in [-0.2, -0.15) is 5.26 Å². The number of amides is 1. The van der Waals surface area contributed by atoms with E-state index in [2.05, 4.69) is 10.1 Å². The summed E-state index contributed by atoms with van der Waals surface area (Å²) in [4.78, 5) is 24.9. The molecule has 1 aliphatic rings. The number of rotatable bonds is 3. The van der Waals surface area contributed by atoms with E-state index in [0.29, 0.717) is 6.54 Å². The maximum Gasteiger partial charge on any atom is 0.336 e. The van der Waals surface area contributed by atoms with Gasteiger partial charge in [0.2, 0.25) is 0 Å². The van der Waals surface area contributed by atoms with E-state index in [1.807, 2.05) is 13.0 Å². The van der Waals surface area contributed by atoms with Crippen LogP contribution in [0.4, 0.5) is 0 Å². The van der Waals surface area contributed by atoms with Gasteiger partial charge < -0.3 is 15.0 Å². The van der Waals surface area contributed by atoms with E-state index < -0.39 is 12.0 Å². The summed E-state index contributed by atoms with van der Waals surface area (Å²) < 4.78 is 4.63. The fraction of sp³-hybridized carbons (Fsp3) is 0.545. The summed E-state index contributed by atoms with van der Waals surface area (Å²) in [7, 11) is 2.80. The molecule has 6 heteroatoms. The van der Waals surface area contributed by atoms with Crippen LogP contribution in [0.15, 0.2) is 11.3 Å². The number of likely N-dealkylation sites (N-methyl/N-ethyl adjacent to an activating group) is 2. The second-order valence-electron chi connectivity index (χ2n) is 3.64. The molecule has 0 aromatic rings. The normalized spacial score (nSPS) is 20.0. The second-order valence-corrected chi connectivity index (χ2v) is 3.64. The van der Waals surface area contributed by atoms with Crippen molar-refractivity contribution in [2.45, 2.75) is 19.4 Å². The maximum atomic E-state index is 12.0. The van der Waals surface area contributed by atoms with Crippen LogP contribution < -0.4 is 5.32 Å². The molecule has 1 heterocycles. The summed E-state index contributed by atoms with van der Waals surface area (Å²) in [5.41, 5.74) is 0.470. The summed E-state index contributed by atoms with van der Waals surface area (Å²) in [6.07, 6.45) is 0.188. The van der Waals surface area contributed by atoms with Gasteiger partial charge in [-0.05, 0) is 6.92 Å². The first kappa shape index (κ1) is 13.0. The molecule has 17 heavy (non-hydrogen) atoms. The third-order valence-electron chi connectivity index (χ3n) is 2.64. The molecule has 0 bridgehead atoms. The molecule has 0 fully saturated rings. The highest BCUT2D eigenvalue weighted by Gasteiger charge is 2.35. The monoisotopic (exact) mass is 237 g/mol. The van der Waals surface area contributed by atoms with Crippen molar-refractivity contribution in [1.82, 2.24) is 10.2 Å². The molecule has 1 unspecified atom stereocenters. The second kappa shape index (κ2) is 5.34. The Labute approximate surface area is 99.8 Å². The van der Waals surface area contributed by atoms with Crippen molar-refractivity contribution >= 4 is 11.9 Å². The molecule has 0 radical (unpaired) electrons. The van der Waals surface area contributed by atoms with Crippen LogP contribution in [0.3, 0.4) is 0 Å². The van der Waals surface area contributed by atoms with E-state index >= 15 is 0 Å². The molecule has 0 aliphatic carbocycles. The zero-order chi connectivity index (χ0) is 13.0. The van der Waals surface area contributed by atoms with Crippen molar-refractivity contribution in [3.63, 3.8) is 0 Å². The molecule has 0 spiro atoms. The number of hydrogen-bond donors (Lipinski definition) is 1. The lowest BCUT2D eigenvalue weighted by molar-refractivity contribution is -0.138. The maximum absolute atomic E-state index is 12.0. The fourth-order valence-corrected chi connectivity index (χ4v) is 1.68. The molecule has 6 nitrogen and oxygen atoms in total. The molecule has 1 rings (SSSR count). The molecule has 1 atom stereocenters. The topological polar surface area (TPSA) is 82.4 Å². The van der Waals surface area contributed by atoms with Crippen LogP contribution in [-0.2, 0) is 14.3 Å². The highest BCUT2D eigenvalue weighted by molar-refractivity contribution is 6.03. The fourth-order valence-electron chi connectivity index (χ4n) is 1.68. The Morgan fingerprint density at radius 1 is 1.71 bits per heavy atom. The van der Waals surface area contributed by atoms with Crippen molar-refractivity contribution in [3.8, 4) is 6.07 Å². The summed E-state index contributed by atoms with van der Waals surface area (Å²) in [6.45, 7) is 2.35. The highest BCUT2D eigenvalue weighted by atomic mass is 16.5. The Balaban J connectivity index is 3.18. The first-order valence-electron chi connectivity index (χ1n) is 5.28. The minimum absolute atomic E-state index is 0.188. The van der Waals surface area contributed by atoms with Crippen LogP contribution in [0.2, 0.25) is 0 Å². The lowest BCUT2D eigenvalue weighted by Gasteiger charge is -2.30. The van der Waals surface area contributed by atoms with Crippen LogP contribution in [-0.4, -0.2) is 43.5 Å². The van der Waals surface area contributed by atoms with Crippen LogP contribution in [0, 0.1) is 11.3 Å². The lowest BCUT2D eigenvalue weighted by atomic mass is 9.98. The first-order chi connectivity index (χ1) is 8.06. The Morgan fingerprint density at radius 3 is 2.82 bits per heavy atom. The first-order valence-corrected chi connectivity index (χ1v) is 5.28. The average molecular weight is 237 g/mol. The molecule has 1 N–H and O–H groups in total. The van der Waals surface area contributed by atoms with E-state index in [9.17, 15) is 9.59 Å². The molecular weight excluding hydrogens is 222 g/mol. The molecule has 0 aromatic heterocycles. The van der Waals surface area contributed by atoms with Gasteiger partial charge in [0.15, 0.2) is 0 Å². The van der Waals surface area contributed by atoms with E-state index in [-0.39, 0.29) is 23.6 Å². The lowest BCUT2D eigenvalue weighted by Crippen LogP contribution is -2.46. The zero-order valence-electron chi connectivity index (χ0n) is 10.1. The predicted molar refractivity (Wildman–Crippen MR) is 59.5 cm³/mol. The summed E-state index contributed by atoms with van der Waals surface area (Å²) in [5.74, 6) is -0.923. The third kappa shape index (κ3) is 2.38. The van der Waals surface area contributed by atoms with Crippen LogP contribution in [0.25, 0.3) is 0 Å². The predicted octanol–water partition coefficient (Wildman–Crippen LogP) is -0.223. The molecule has 0 saturated carbocycles. The van der Waals surface area contributed by atoms with Crippen molar-refractivity contribution in [2.24, 2.45) is 0 Å². The van der Waals surface area contributed by atoms with E-state index in [1.165, 1.54) is 12.0 Å². The molecule has 0 saturated heterocycles. The minimum Gasteiger partial charge on any atom is -0.466 e. The third-order valence-corrected chi connectivity index (χ3v) is 2.64. The molecule has 1 amide bonds. The van der Waals surface area contributed by atoms with Gasteiger partial charge >= 0.3 is 5.97 Å². The van der Waals surface area contributed by atoms with Gasteiger partial charge in [-0.3, -0.25) is 4.79 Å². The Bertz CT molecular complexity index is 409. The molecule has 0 aromatic carbocycles. The van der Waals surface area contributed by atoms with Gasteiger partial charge in [0.1, 0.15) is 11.7 Å². The zero-order valence-corrected chi connectivity index (χ0v) is 10.1. The van der Waals surface area contributed by atoms with E-state index in [0.717, 1.165) is 0 Å². The standard InChI is InChI=1S/C11H15N3O3/c1-4-13-9-8(11(16)17-3)5-7(6-12)14(2)10(9)15/h7,13H,4-5H2,1-3H3. The number of carbonyl (C=O) groups excluding carboxylic acids is 2. The van der Waals surface area contributed by atoms with Crippen molar-refractivity contribution in [2.75, 3.05) is 20.7 Å². The largest absolute Gasteiger partial charge is 0.466 e. The van der Waals surface area contributed by atoms with Gasteiger partial charge in [0.05, 0.1) is 18.8 Å². The number of ether oxygens (including phenoxy) is 1. The number of nitrogens with one attached hydrogen (secondary N) is 1. The number of carbonyl (C=O) groups is 2. The smallest absolute Gasteiger partial charge is 0.336 e. The Hall–Kier alpha value is -2.03. The number of nitriles is 1. The van der Waals surface area contributed by atoms with Crippen molar-refractivity contribution < 1.29 is 14.3 Å². The van der Waals surface area contributed by atoms with Crippen molar-refractivity contribution in [3.05, 3.63) is 11.3 Å². The van der Waals surface area contributed by atoms with Gasteiger partial charge in [-0.15, -0.1) is 0 Å². The highest BCUT2D eigenvalue weighted by Crippen LogP contribution is 2.22. The van der Waals surface area contributed by atoms with Crippen molar-refractivity contribution in [1.29, 1.82) is 5.26 Å².